The number of benzene rings is 1. The molecule has 2 saturated carbocycles. The van der Waals surface area contributed by atoms with Crippen LogP contribution in [0.1, 0.15) is 96.6 Å². The third-order valence-electron chi connectivity index (χ3n) is 13.1. The van der Waals surface area contributed by atoms with Crippen LogP contribution in [0.2, 0.25) is 0 Å². The van der Waals surface area contributed by atoms with Gasteiger partial charge in [0, 0.05) is 31.0 Å². The topological polar surface area (TPSA) is 188 Å². The number of carbonyl (C=O) groups excluding carboxylic acids is 4. The van der Waals surface area contributed by atoms with E-state index >= 15 is 0 Å². The van der Waals surface area contributed by atoms with Gasteiger partial charge in [-0.3, -0.25) is 14.6 Å². The van der Waals surface area contributed by atoms with Crippen molar-refractivity contribution in [1.82, 2.24) is 15.6 Å². The first kappa shape index (κ1) is 40.0. The Kier molecular flexibility index (Phi) is 12.3. The van der Waals surface area contributed by atoms with E-state index in [2.05, 4.69) is 53.0 Å². The van der Waals surface area contributed by atoms with Gasteiger partial charge in [-0.25, -0.2) is 9.59 Å². The molecular weight excluding hydrogens is 697 g/mol. The minimum atomic E-state index is -0.873. The summed E-state index contributed by atoms with van der Waals surface area (Å²) in [6, 6.07) is 8.86. The number of urea groups is 1. The maximum atomic E-state index is 13.2. The van der Waals surface area contributed by atoms with Gasteiger partial charge in [-0.05, 0) is 121 Å². The van der Waals surface area contributed by atoms with Crippen molar-refractivity contribution in [3.05, 3.63) is 77.6 Å². The lowest BCUT2D eigenvalue weighted by Gasteiger charge is -2.57. The Balaban J connectivity index is 0.981. The predicted octanol–water partition coefficient (Wildman–Crippen LogP) is 6.61. The number of carbonyl (C=O) groups is 4. The van der Waals surface area contributed by atoms with Crippen LogP contribution in [0.4, 0.5) is 15.3 Å². The van der Waals surface area contributed by atoms with Gasteiger partial charge in [-0.1, -0.05) is 63.6 Å². The molecule has 0 saturated heterocycles. The molecule has 2 fully saturated rings. The van der Waals surface area contributed by atoms with Crippen LogP contribution in [0.25, 0.3) is 5.57 Å². The van der Waals surface area contributed by atoms with Crippen LogP contribution in [0.5, 0.6) is 0 Å². The first-order valence-electron chi connectivity index (χ1n) is 19.9. The molecule has 0 unspecified atom stereocenters. The van der Waals surface area contributed by atoms with Gasteiger partial charge in [0.05, 0.1) is 6.04 Å². The van der Waals surface area contributed by atoms with Gasteiger partial charge in [0.1, 0.15) is 18.8 Å². The second-order valence-electron chi connectivity index (χ2n) is 16.8. The van der Waals surface area contributed by atoms with E-state index in [-0.39, 0.29) is 42.4 Å². The van der Waals surface area contributed by atoms with Crippen LogP contribution in [-0.4, -0.2) is 53.7 Å². The van der Waals surface area contributed by atoms with E-state index in [4.69, 9.17) is 20.9 Å². The summed E-state index contributed by atoms with van der Waals surface area (Å²) in [6.45, 7) is 8.86. The zero-order valence-electron chi connectivity index (χ0n) is 32.6. The van der Waals surface area contributed by atoms with Crippen LogP contribution >= 0.6 is 0 Å². The molecule has 0 bridgehead atoms. The van der Waals surface area contributed by atoms with E-state index < -0.39 is 36.1 Å². The molecule has 8 atom stereocenters. The molecule has 12 nitrogen and oxygen atoms in total. The second-order valence-corrected chi connectivity index (χ2v) is 16.8. The van der Waals surface area contributed by atoms with Crippen molar-refractivity contribution in [2.45, 2.75) is 110 Å². The summed E-state index contributed by atoms with van der Waals surface area (Å²) in [4.78, 5) is 54.1. The lowest BCUT2D eigenvalue weighted by molar-refractivity contribution is -0.128. The van der Waals surface area contributed by atoms with E-state index in [1.54, 1.807) is 24.3 Å². The minimum Gasteiger partial charge on any atom is -0.431 e. The highest BCUT2D eigenvalue weighted by molar-refractivity contribution is 5.97. The highest BCUT2D eigenvalue weighted by Gasteiger charge is 2.57. The molecule has 12 heteroatoms. The van der Waals surface area contributed by atoms with Gasteiger partial charge in [0.25, 0.3) is 0 Å². The van der Waals surface area contributed by atoms with Crippen molar-refractivity contribution in [2.75, 3.05) is 11.9 Å². The number of hydrogen-bond acceptors (Lipinski definition) is 8. The SMILES string of the molecule is CC(C)[C@H](N)C(=O)N[C@@H](CCCNC(N)=O)C(=O)Nc1ccc(COC(=O)O[C@H]2CC[C@@]3(C)C(=CC[C@@H]4[C@@H]3CC[C@]3(C)C(c5cccnc5)=CC[C@@H]43)C2)cc1. The lowest BCUT2D eigenvalue weighted by Crippen LogP contribution is -2.51. The summed E-state index contributed by atoms with van der Waals surface area (Å²) in [5.41, 5.74) is 16.9. The number of ether oxygens (including phenoxy) is 2. The Hall–Kier alpha value is -4.71. The number of allylic oxidation sites excluding steroid dienone is 3. The quantitative estimate of drug-likeness (QED) is 0.0858. The van der Waals surface area contributed by atoms with Crippen LogP contribution in [0.3, 0.4) is 0 Å². The molecule has 0 aliphatic heterocycles. The van der Waals surface area contributed by atoms with Crippen LogP contribution in [-0.2, 0) is 25.7 Å². The molecular formula is C43H58N6O6. The Morgan fingerprint density at radius 3 is 2.44 bits per heavy atom. The fourth-order valence-electron chi connectivity index (χ4n) is 9.85. The third kappa shape index (κ3) is 8.90. The van der Waals surface area contributed by atoms with Gasteiger partial charge in [-0.2, -0.15) is 0 Å². The third-order valence-corrected chi connectivity index (χ3v) is 13.1. The molecule has 1 aromatic carbocycles. The summed E-state index contributed by atoms with van der Waals surface area (Å²) in [7, 11) is 0. The van der Waals surface area contributed by atoms with Gasteiger partial charge in [0.2, 0.25) is 11.8 Å². The molecule has 7 N–H and O–H groups in total. The van der Waals surface area contributed by atoms with E-state index in [1.807, 2.05) is 32.3 Å². The number of nitrogens with one attached hydrogen (secondary N) is 3. The predicted molar refractivity (Wildman–Crippen MR) is 211 cm³/mol. The maximum absolute atomic E-state index is 13.2. The monoisotopic (exact) mass is 754 g/mol. The van der Waals surface area contributed by atoms with E-state index in [0.29, 0.717) is 29.9 Å². The highest BCUT2D eigenvalue weighted by atomic mass is 16.7. The Morgan fingerprint density at radius 2 is 1.73 bits per heavy atom. The summed E-state index contributed by atoms with van der Waals surface area (Å²) < 4.78 is 11.4. The van der Waals surface area contributed by atoms with Crippen molar-refractivity contribution in [3.63, 3.8) is 0 Å². The average Bonchev–Trinajstić information content (AvgIpc) is 3.53. The molecule has 1 aromatic heterocycles. The molecule has 4 aliphatic carbocycles. The van der Waals surface area contributed by atoms with Crippen molar-refractivity contribution >= 4 is 35.3 Å². The Morgan fingerprint density at radius 1 is 0.964 bits per heavy atom. The van der Waals surface area contributed by atoms with Crippen LogP contribution in [0, 0.1) is 34.5 Å². The van der Waals surface area contributed by atoms with Gasteiger partial charge < -0.3 is 36.9 Å². The second kappa shape index (κ2) is 17.0. The van der Waals surface area contributed by atoms with Gasteiger partial charge in [-0.15, -0.1) is 0 Å². The van der Waals surface area contributed by atoms with Crippen molar-refractivity contribution in [2.24, 2.45) is 46.0 Å². The summed E-state index contributed by atoms with van der Waals surface area (Å²) in [5, 5.41) is 8.04. The van der Waals surface area contributed by atoms with Crippen LogP contribution in [0.15, 0.2) is 66.5 Å². The van der Waals surface area contributed by atoms with E-state index in [9.17, 15) is 19.2 Å². The van der Waals surface area contributed by atoms with Gasteiger partial charge in [0.15, 0.2) is 0 Å². The molecule has 0 spiro atoms. The number of hydrogen-bond donors (Lipinski definition) is 5. The van der Waals surface area contributed by atoms with Crippen LogP contribution < -0.4 is 27.4 Å². The summed E-state index contributed by atoms with van der Waals surface area (Å²) >= 11 is 0. The van der Waals surface area contributed by atoms with Crippen molar-refractivity contribution < 1.29 is 28.7 Å². The average molecular weight is 755 g/mol. The number of amides is 4. The first-order valence-corrected chi connectivity index (χ1v) is 19.9. The molecule has 4 aliphatic rings. The lowest BCUT2D eigenvalue weighted by atomic mass is 9.47. The Labute approximate surface area is 324 Å². The number of anilines is 1. The number of nitrogens with two attached hydrogens (primary N) is 2. The van der Waals surface area contributed by atoms with Crippen molar-refractivity contribution in [3.8, 4) is 0 Å². The first-order chi connectivity index (χ1) is 26.3. The number of fused-ring (bicyclic) bond motifs is 5. The number of nitrogens with zero attached hydrogens (tertiary/aromatic N) is 1. The highest BCUT2D eigenvalue weighted by Crippen LogP contribution is 2.66. The number of primary amides is 1. The smallest absolute Gasteiger partial charge is 0.431 e. The standard InChI is InChI=1S/C43H58N6O6/c1-26(2)37(44)39(51)49-36(8-6-22-47-40(45)52)38(50)48-30-12-9-27(10-13-30)25-54-41(53)55-31-17-19-42(3)29(23-31)11-14-32-34-16-15-33(28-7-5-21-46-24-28)43(34,4)20-18-35(32)42/h5,7,9-13,15,21,24,26,31-32,34-37H,6,8,14,16-20,22-23,25,44H2,1-4H3,(H,48,50)(H,49,51)(H3,45,47,52)/t31-,32-,34-,35-,36-,37-,42-,43+/m0/s1. The molecule has 55 heavy (non-hydrogen) atoms. The zero-order valence-corrected chi connectivity index (χ0v) is 32.6. The van der Waals surface area contributed by atoms with Gasteiger partial charge >= 0.3 is 12.2 Å². The van der Waals surface area contributed by atoms with Crippen molar-refractivity contribution in [1.29, 1.82) is 0 Å². The number of pyridine rings is 1. The largest absolute Gasteiger partial charge is 0.508 e. The van der Waals surface area contributed by atoms with E-state index in [0.717, 1.165) is 37.7 Å². The molecule has 6 rings (SSSR count). The summed E-state index contributed by atoms with van der Waals surface area (Å²) in [6.07, 6.45) is 15.8. The number of rotatable bonds is 13. The molecule has 296 valence electrons. The maximum Gasteiger partial charge on any atom is 0.508 e. The fourth-order valence-corrected chi connectivity index (χ4v) is 9.85. The number of aromatic nitrogens is 1. The zero-order chi connectivity index (χ0) is 39.3. The minimum absolute atomic E-state index is 0.0256. The summed E-state index contributed by atoms with van der Waals surface area (Å²) in [5.74, 6) is 0.945. The molecule has 4 amide bonds. The normalized spacial score (nSPS) is 27.9. The van der Waals surface area contributed by atoms with E-state index in [1.165, 1.54) is 29.6 Å². The Bertz CT molecular complexity index is 1780. The molecule has 1 heterocycles. The molecule has 2 aromatic rings. The molecule has 0 radical (unpaired) electrons. The fraction of sp³-hybridized carbons (Fsp3) is 0.558.